The van der Waals surface area contributed by atoms with E-state index in [0.29, 0.717) is 0 Å². The minimum atomic E-state index is 0.808. The average molecular weight is 269 g/mol. The second-order valence-corrected chi connectivity index (χ2v) is 4.29. The molecular formula is C10H9BrN2S. The standard InChI is InChI=1S/C10H9BrN2S/c1-7-9(4-11)5-12-10(13-7)8-2-3-14-6-8/h2-3,5-6H,4H2,1H3. The number of hydrogen-bond acceptors (Lipinski definition) is 3. The molecule has 2 aromatic rings. The first-order valence-electron chi connectivity index (χ1n) is 4.22. The normalized spacial score (nSPS) is 10.4. The van der Waals surface area contributed by atoms with Crippen LogP contribution in [0.15, 0.2) is 23.0 Å². The van der Waals surface area contributed by atoms with Crippen molar-refractivity contribution < 1.29 is 0 Å². The molecule has 4 heteroatoms. The zero-order valence-corrected chi connectivity index (χ0v) is 10.1. The van der Waals surface area contributed by atoms with Crippen LogP contribution in [0.5, 0.6) is 0 Å². The lowest BCUT2D eigenvalue weighted by molar-refractivity contribution is 1.07. The molecule has 0 atom stereocenters. The summed E-state index contributed by atoms with van der Waals surface area (Å²) in [4.78, 5) is 8.77. The van der Waals surface area contributed by atoms with Crippen LogP contribution in [0.1, 0.15) is 11.3 Å². The Hall–Kier alpha value is -0.740. The van der Waals surface area contributed by atoms with Crippen LogP contribution >= 0.6 is 27.3 Å². The van der Waals surface area contributed by atoms with Crippen LogP contribution in [-0.4, -0.2) is 9.97 Å². The van der Waals surface area contributed by atoms with Gasteiger partial charge in [-0.2, -0.15) is 11.3 Å². The van der Waals surface area contributed by atoms with E-state index in [1.807, 2.05) is 24.6 Å². The predicted molar refractivity (Wildman–Crippen MR) is 62.7 cm³/mol. The molecule has 0 bridgehead atoms. The molecule has 0 amide bonds. The molecule has 0 spiro atoms. The lowest BCUT2D eigenvalue weighted by atomic mass is 10.2. The van der Waals surface area contributed by atoms with Crippen LogP contribution in [-0.2, 0) is 5.33 Å². The number of alkyl halides is 1. The van der Waals surface area contributed by atoms with Gasteiger partial charge in [-0.25, -0.2) is 9.97 Å². The maximum absolute atomic E-state index is 4.45. The molecule has 2 rings (SSSR count). The summed E-state index contributed by atoms with van der Waals surface area (Å²) in [6.07, 6.45) is 1.88. The van der Waals surface area contributed by atoms with Gasteiger partial charge in [-0.1, -0.05) is 15.9 Å². The van der Waals surface area contributed by atoms with E-state index in [1.165, 1.54) is 0 Å². The Morgan fingerprint density at radius 1 is 1.50 bits per heavy atom. The molecular weight excluding hydrogens is 260 g/mol. The number of rotatable bonds is 2. The van der Waals surface area contributed by atoms with Crippen LogP contribution in [0.3, 0.4) is 0 Å². The molecule has 14 heavy (non-hydrogen) atoms. The topological polar surface area (TPSA) is 25.8 Å². The summed E-state index contributed by atoms with van der Waals surface area (Å²) in [6, 6.07) is 2.03. The maximum Gasteiger partial charge on any atom is 0.160 e. The molecule has 0 unspecified atom stereocenters. The minimum absolute atomic E-state index is 0.808. The van der Waals surface area contributed by atoms with Gasteiger partial charge in [-0.15, -0.1) is 0 Å². The molecule has 2 aromatic heterocycles. The summed E-state index contributed by atoms with van der Waals surface area (Å²) in [5.74, 6) is 0.813. The van der Waals surface area contributed by atoms with Gasteiger partial charge in [-0.3, -0.25) is 0 Å². The molecule has 0 aliphatic heterocycles. The molecule has 0 aliphatic rings. The molecule has 0 aromatic carbocycles. The Kier molecular flexibility index (Phi) is 2.93. The first-order chi connectivity index (χ1) is 6.81. The van der Waals surface area contributed by atoms with E-state index in [9.17, 15) is 0 Å². The van der Waals surface area contributed by atoms with E-state index in [1.54, 1.807) is 11.3 Å². The second kappa shape index (κ2) is 4.19. The molecule has 0 radical (unpaired) electrons. The van der Waals surface area contributed by atoms with E-state index in [-0.39, 0.29) is 0 Å². The molecule has 0 fully saturated rings. The van der Waals surface area contributed by atoms with Crippen molar-refractivity contribution in [1.82, 2.24) is 9.97 Å². The summed E-state index contributed by atoms with van der Waals surface area (Å²) in [5, 5.41) is 4.90. The monoisotopic (exact) mass is 268 g/mol. The van der Waals surface area contributed by atoms with Crippen LogP contribution in [0, 0.1) is 6.92 Å². The number of halogens is 1. The largest absolute Gasteiger partial charge is 0.236 e. The fourth-order valence-corrected chi connectivity index (χ4v) is 2.34. The number of aryl methyl sites for hydroxylation is 1. The zero-order valence-electron chi connectivity index (χ0n) is 7.70. The maximum atomic E-state index is 4.45. The quantitative estimate of drug-likeness (QED) is 0.781. The summed E-state index contributed by atoms with van der Waals surface area (Å²) in [6.45, 7) is 2.01. The van der Waals surface area contributed by atoms with Crippen molar-refractivity contribution in [2.24, 2.45) is 0 Å². The van der Waals surface area contributed by atoms with Gasteiger partial charge < -0.3 is 0 Å². The highest BCUT2D eigenvalue weighted by Gasteiger charge is 2.04. The first-order valence-corrected chi connectivity index (χ1v) is 6.28. The number of thiophene rings is 1. The highest BCUT2D eigenvalue weighted by Crippen LogP contribution is 2.19. The van der Waals surface area contributed by atoms with Crippen LogP contribution < -0.4 is 0 Å². The van der Waals surface area contributed by atoms with E-state index < -0.39 is 0 Å². The summed E-state index contributed by atoms with van der Waals surface area (Å²) < 4.78 is 0. The third kappa shape index (κ3) is 1.86. The fraction of sp³-hybridized carbons (Fsp3) is 0.200. The van der Waals surface area contributed by atoms with E-state index in [0.717, 1.165) is 28.0 Å². The van der Waals surface area contributed by atoms with Gasteiger partial charge in [0.25, 0.3) is 0 Å². The Bertz CT molecular complexity index is 426. The van der Waals surface area contributed by atoms with Crippen LogP contribution in [0.2, 0.25) is 0 Å². The van der Waals surface area contributed by atoms with Gasteiger partial charge in [0.15, 0.2) is 5.82 Å². The summed E-state index contributed by atoms with van der Waals surface area (Å²) >= 11 is 5.06. The van der Waals surface area contributed by atoms with E-state index in [2.05, 4.69) is 31.3 Å². The SMILES string of the molecule is Cc1nc(-c2ccsc2)ncc1CBr. The molecule has 0 aliphatic carbocycles. The third-order valence-electron chi connectivity index (χ3n) is 2.00. The van der Waals surface area contributed by atoms with Crippen LogP contribution in [0.4, 0.5) is 0 Å². The Morgan fingerprint density at radius 3 is 2.93 bits per heavy atom. The summed E-state index contributed by atoms with van der Waals surface area (Å²) in [7, 11) is 0. The highest BCUT2D eigenvalue weighted by atomic mass is 79.9. The Labute approximate surface area is 95.2 Å². The predicted octanol–water partition coefficient (Wildman–Crippen LogP) is 3.41. The summed E-state index contributed by atoms with van der Waals surface area (Å²) in [5.41, 5.74) is 3.28. The van der Waals surface area contributed by atoms with Gasteiger partial charge in [0.05, 0.1) is 0 Å². The smallest absolute Gasteiger partial charge is 0.160 e. The second-order valence-electron chi connectivity index (χ2n) is 2.95. The number of nitrogens with zero attached hydrogens (tertiary/aromatic N) is 2. The number of hydrogen-bond donors (Lipinski definition) is 0. The van der Waals surface area contributed by atoms with E-state index in [4.69, 9.17) is 0 Å². The van der Waals surface area contributed by atoms with Gasteiger partial charge in [0.2, 0.25) is 0 Å². The molecule has 2 heterocycles. The zero-order chi connectivity index (χ0) is 9.97. The Morgan fingerprint density at radius 2 is 2.36 bits per heavy atom. The van der Waals surface area contributed by atoms with Crippen molar-refractivity contribution in [3.8, 4) is 11.4 Å². The van der Waals surface area contributed by atoms with Crippen molar-refractivity contribution in [1.29, 1.82) is 0 Å². The molecule has 0 N–H and O–H groups in total. The van der Waals surface area contributed by atoms with Gasteiger partial charge >= 0.3 is 0 Å². The van der Waals surface area contributed by atoms with Crippen LogP contribution in [0.25, 0.3) is 11.4 Å². The minimum Gasteiger partial charge on any atom is -0.236 e. The Balaban J connectivity index is 2.43. The van der Waals surface area contributed by atoms with Gasteiger partial charge in [0, 0.05) is 33.7 Å². The van der Waals surface area contributed by atoms with E-state index >= 15 is 0 Å². The molecule has 0 saturated heterocycles. The molecule has 2 nitrogen and oxygen atoms in total. The number of aromatic nitrogens is 2. The van der Waals surface area contributed by atoms with Gasteiger partial charge in [-0.05, 0) is 18.4 Å². The first kappa shape index (κ1) is 9.80. The highest BCUT2D eigenvalue weighted by molar-refractivity contribution is 9.08. The van der Waals surface area contributed by atoms with Crippen molar-refractivity contribution in [2.45, 2.75) is 12.3 Å². The fourth-order valence-electron chi connectivity index (χ4n) is 1.15. The lowest BCUT2D eigenvalue weighted by Gasteiger charge is -2.02. The molecule has 0 saturated carbocycles. The van der Waals surface area contributed by atoms with Crippen molar-refractivity contribution >= 4 is 27.3 Å². The van der Waals surface area contributed by atoms with Crippen molar-refractivity contribution in [3.63, 3.8) is 0 Å². The van der Waals surface area contributed by atoms with Crippen molar-refractivity contribution in [2.75, 3.05) is 0 Å². The third-order valence-corrected chi connectivity index (χ3v) is 3.29. The van der Waals surface area contributed by atoms with Gasteiger partial charge in [0.1, 0.15) is 0 Å². The molecule has 72 valence electrons. The van der Waals surface area contributed by atoms with Crippen molar-refractivity contribution in [3.05, 3.63) is 34.3 Å². The lowest BCUT2D eigenvalue weighted by Crippen LogP contribution is -1.95. The average Bonchev–Trinajstić information content (AvgIpc) is 2.70.